The first kappa shape index (κ1) is 13.6. The van der Waals surface area contributed by atoms with Crippen molar-refractivity contribution < 1.29 is 9.53 Å². The Balaban J connectivity index is 2.09. The van der Waals surface area contributed by atoms with Gasteiger partial charge in [-0.3, -0.25) is 9.69 Å². The molecule has 0 aromatic rings. The Kier molecular flexibility index (Phi) is 4.40. The lowest BCUT2D eigenvalue weighted by molar-refractivity contribution is -0.128. The van der Waals surface area contributed by atoms with Crippen LogP contribution in [0.4, 0.5) is 0 Å². The van der Waals surface area contributed by atoms with Crippen molar-refractivity contribution in [3.05, 3.63) is 11.8 Å². The Labute approximate surface area is 110 Å². The number of morpholine rings is 1. The third kappa shape index (κ3) is 2.93. The summed E-state index contributed by atoms with van der Waals surface area (Å²) >= 11 is 0. The van der Waals surface area contributed by atoms with Crippen molar-refractivity contribution in [1.29, 1.82) is 0 Å². The van der Waals surface area contributed by atoms with Gasteiger partial charge >= 0.3 is 0 Å². The summed E-state index contributed by atoms with van der Waals surface area (Å²) in [7, 11) is 3.91. The van der Waals surface area contributed by atoms with E-state index in [4.69, 9.17) is 4.74 Å². The molecule has 0 aromatic carbocycles. The minimum Gasteiger partial charge on any atom is -0.383 e. The van der Waals surface area contributed by atoms with Crippen LogP contribution in [0.15, 0.2) is 11.8 Å². The number of hydrogen-bond acceptors (Lipinski definition) is 4. The molecule has 2 rings (SSSR count). The van der Waals surface area contributed by atoms with E-state index < -0.39 is 0 Å². The summed E-state index contributed by atoms with van der Waals surface area (Å²) in [6, 6.07) is 0.297. The quantitative estimate of drug-likeness (QED) is 0.708. The largest absolute Gasteiger partial charge is 0.383 e. The van der Waals surface area contributed by atoms with Crippen LogP contribution in [-0.2, 0) is 9.53 Å². The maximum absolute atomic E-state index is 12.2. The van der Waals surface area contributed by atoms with Gasteiger partial charge in [-0.25, -0.2) is 0 Å². The van der Waals surface area contributed by atoms with Gasteiger partial charge in [0.25, 0.3) is 0 Å². The van der Waals surface area contributed by atoms with Crippen LogP contribution in [0, 0.1) is 0 Å². The van der Waals surface area contributed by atoms with Gasteiger partial charge in [0.2, 0.25) is 0 Å². The Hall–Kier alpha value is -0.870. The van der Waals surface area contributed by atoms with Crippen molar-refractivity contribution in [3.63, 3.8) is 0 Å². The fourth-order valence-corrected chi connectivity index (χ4v) is 2.94. The molecule has 1 saturated heterocycles. The van der Waals surface area contributed by atoms with Crippen LogP contribution in [0.2, 0.25) is 0 Å². The summed E-state index contributed by atoms with van der Waals surface area (Å²) in [4.78, 5) is 16.5. The summed E-state index contributed by atoms with van der Waals surface area (Å²) in [6.45, 7) is 5.02. The number of rotatable bonds is 3. The van der Waals surface area contributed by atoms with Crippen LogP contribution < -0.4 is 0 Å². The number of fused-ring (bicyclic) bond motifs is 1. The van der Waals surface area contributed by atoms with E-state index in [9.17, 15) is 4.79 Å². The van der Waals surface area contributed by atoms with Crippen LogP contribution >= 0.6 is 0 Å². The zero-order chi connectivity index (χ0) is 13.1. The summed E-state index contributed by atoms with van der Waals surface area (Å²) in [6.07, 6.45) is 4.67. The zero-order valence-corrected chi connectivity index (χ0v) is 11.7. The molecule has 1 heterocycles. The zero-order valence-electron chi connectivity index (χ0n) is 11.7. The van der Waals surface area contributed by atoms with E-state index in [-0.39, 0.29) is 11.9 Å². The minimum atomic E-state index is 0.203. The molecule has 0 aromatic heterocycles. The van der Waals surface area contributed by atoms with Gasteiger partial charge in [0.1, 0.15) is 0 Å². The maximum atomic E-state index is 12.2. The van der Waals surface area contributed by atoms with Gasteiger partial charge in [0, 0.05) is 51.3 Å². The van der Waals surface area contributed by atoms with E-state index in [0.29, 0.717) is 12.5 Å². The van der Waals surface area contributed by atoms with Crippen LogP contribution in [0.25, 0.3) is 0 Å². The molecule has 0 N–H and O–H groups in total. The average molecular weight is 252 g/mol. The molecule has 1 aliphatic heterocycles. The molecule has 1 saturated carbocycles. The van der Waals surface area contributed by atoms with E-state index in [1.165, 1.54) is 0 Å². The van der Waals surface area contributed by atoms with Gasteiger partial charge in [0.15, 0.2) is 5.78 Å². The highest BCUT2D eigenvalue weighted by Gasteiger charge is 2.38. The molecule has 0 unspecified atom stereocenters. The van der Waals surface area contributed by atoms with Crippen molar-refractivity contribution in [3.8, 4) is 0 Å². The van der Waals surface area contributed by atoms with Crippen molar-refractivity contribution in [2.24, 2.45) is 0 Å². The number of carbonyl (C=O) groups excluding carboxylic acids is 1. The molecule has 2 aliphatic rings. The molecular formula is C14H24N2O2. The second-order valence-corrected chi connectivity index (χ2v) is 5.46. The average Bonchev–Trinajstić information content (AvgIpc) is 2.31. The molecular weight excluding hydrogens is 228 g/mol. The molecule has 102 valence electrons. The Morgan fingerprint density at radius 2 is 2.22 bits per heavy atom. The van der Waals surface area contributed by atoms with E-state index in [1.54, 1.807) is 0 Å². The Bertz CT molecular complexity index is 337. The van der Waals surface area contributed by atoms with Crippen molar-refractivity contribution in [1.82, 2.24) is 9.80 Å². The van der Waals surface area contributed by atoms with Crippen LogP contribution in [-0.4, -0.2) is 61.5 Å². The normalized spacial score (nSPS) is 31.5. The van der Waals surface area contributed by atoms with Gasteiger partial charge < -0.3 is 9.64 Å². The number of carbonyl (C=O) groups is 1. The number of ether oxygens (including phenoxy) is 1. The highest BCUT2D eigenvalue weighted by atomic mass is 16.5. The third-order valence-corrected chi connectivity index (χ3v) is 3.71. The summed E-state index contributed by atoms with van der Waals surface area (Å²) in [5.74, 6) is 0.288. The van der Waals surface area contributed by atoms with Crippen LogP contribution in [0.1, 0.15) is 26.2 Å². The fraction of sp³-hybridized carbons (Fsp3) is 0.786. The monoisotopic (exact) mass is 252 g/mol. The lowest BCUT2D eigenvalue weighted by Crippen LogP contribution is -2.54. The van der Waals surface area contributed by atoms with Gasteiger partial charge in [-0.15, -0.1) is 0 Å². The number of hydrogen-bond donors (Lipinski definition) is 0. The highest BCUT2D eigenvalue weighted by molar-refractivity contribution is 5.96. The predicted molar refractivity (Wildman–Crippen MR) is 71.4 cm³/mol. The lowest BCUT2D eigenvalue weighted by atomic mass is 9.85. The topological polar surface area (TPSA) is 32.8 Å². The van der Waals surface area contributed by atoms with Crippen molar-refractivity contribution >= 4 is 5.78 Å². The first-order valence-electron chi connectivity index (χ1n) is 6.87. The number of nitrogens with zero attached hydrogens (tertiary/aromatic N) is 2. The van der Waals surface area contributed by atoms with Gasteiger partial charge in [0.05, 0.1) is 12.7 Å². The molecule has 0 radical (unpaired) electrons. The molecule has 0 amide bonds. The molecule has 1 aliphatic carbocycles. The maximum Gasteiger partial charge on any atom is 0.162 e. The van der Waals surface area contributed by atoms with Gasteiger partial charge in [-0.05, 0) is 13.0 Å². The molecule has 2 fully saturated rings. The van der Waals surface area contributed by atoms with Gasteiger partial charge in [-0.2, -0.15) is 0 Å². The summed E-state index contributed by atoms with van der Waals surface area (Å²) in [5.41, 5.74) is 0.916. The second kappa shape index (κ2) is 5.85. The fourth-order valence-electron chi connectivity index (χ4n) is 2.94. The third-order valence-electron chi connectivity index (χ3n) is 3.71. The second-order valence-electron chi connectivity index (χ2n) is 5.46. The van der Waals surface area contributed by atoms with E-state index in [0.717, 1.165) is 38.1 Å². The minimum absolute atomic E-state index is 0.203. The predicted octanol–water partition coefficient (Wildman–Crippen LogP) is 1.27. The highest BCUT2D eigenvalue weighted by Crippen LogP contribution is 2.29. The SMILES string of the molecule is CCCN1CCO[C@@H]2C/C(=C\N(C)C)C(=O)C[C@H]21. The van der Waals surface area contributed by atoms with Crippen LogP contribution in [0.5, 0.6) is 0 Å². The summed E-state index contributed by atoms with van der Waals surface area (Å²) < 4.78 is 5.87. The van der Waals surface area contributed by atoms with E-state index in [2.05, 4.69) is 11.8 Å². The molecule has 18 heavy (non-hydrogen) atoms. The smallest absolute Gasteiger partial charge is 0.162 e. The van der Waals surface area contributed by atoms with E-state index >= 15 is 0 Å². The molecule has 4 nitrogen and oxygen atoms in total. The van der Waals surface area contributed by atoms with Crippen molar-refractivity contribution in [2.45, 2.75) is 38.3 Å². The van der Waals surface area contributed by atoms with Gasteiger partial charge in [-0.1, -0.05) is 6.92 Å². The standard InChI is InChI=1S/C14H24N2O2/c1-4-5-16-6-7-18-14-8-11(10-15(2)3)13(17)9-12(14)16/h10,12,14H,4-9H2,1-3H3/b11-10+/t12-,14-/m1/s1. The molecule has 0 spiro atoms. The van der Waals surface area contributed by atoms with E-state index in [1.807, 2.05) is 25.2 Å². The number of Topliss-reactive ketones (excluding diaryl/α,β-unsaturated/α-hetero) is 1. The number of ketones is 1. The molecule has 2 atom stereocenters. The molecule has 0 bridgehead atoms. The van der Waals surface area contributed by atoms with Crippen molar-refractivity contribution in [2.75, 3.05) is 33.8 Å². The Morgan fingerprint density at radius 1 is 1.44 bits per heavy atom. The molecule has 4 heteroatoms. The van der Waals surface area contributed by atoms with Crippen LogP contribution in [0.3, 0.4) is 0 Å². The Morgan fingerprint density at radius 3 is 2.89 bits per heavy atom. The first-order valence-corrected chi connectivity index (χ1v) is 6.87. The lowest BCUT2D eigenvalue weighted by Gasteiger charge is -2.43. The first-order chi connectivity index (χ1) is 8.61. The summed E-state index contributed by atoms with van der Waals surface area (Å²) in [5, 5.41) is 0.